The molecule has 0 spiro atoms. The van der Waals surface area contributed by atoms with Crippen molar-refractivity contribution in [2.24, 2.45) is 0 Å². The van der Waals surface area contributed by atoms with Crippen LogP contribution in [0.5, 0.6) is 0 Å². The molecule has 8 heavy (non-hydrogen) atoms. The van der Waals surface area contributed by atoms with Crippen molar-refractivity contribution in [1.82, 2.24) is 0 Å². The van der Waals surface area contributed by atoms with Crippen LogP contribution in [-0.2, 0) is 19.8 Å². The average molecular weight is 159 g/mol. The Labute approximate surface area is 58.3 Å². The van der Waals surface area contributed by atoms with Crippen molar-refractivity contribution < 1.29 is 19.8 Å². The van der Waals surface area contributed by atoms with E-state index in [4.69, 9.17) is 4.74 Å². The summed E-state index contributed by atoms with van der Waals surface area (Å²) in [5.41, 5.74) is -0.109. The van der Waals surface area contributed by atoms with Crippen LogP contribution in [0, 0.1) is 0 Å². The van der Waals surface area contributed by atoms with Gasteiger partial charge in [0.2, 0.25) is 0 Å². The van der Waals surface area contributed by atoms with E-state index in [-0.39, 0.29) is 5.60 Å². The van der Waals surface area contributed by atoms with Crippen LogP contribution in [-0.4, -0.2) is 10.3 Å². The normalized spacial score (nSPS) is 11.8. The minimum absolute atomic E-state index is 0.109. The van der Waals surface area contributed by atoms with Crippen molar-refractivity contribution in [2.75, 3.05) is 0 Å². The third kappa shape index (κ3) is 6.32. The predicted octanol–water partition coefficient (Wildman–Crippen LogP) is 1.50. The molecule has 0 bridgehead atoms. The molecule has 0 N–H and O–H groups in total. The van der Waals surface area contributed by atoms with Gasteiger partial charge in [0, 0.05) is 0 Å². The summed E-state index contributed by atoms with van der Waals surface area (Å²) in [6, 6.07) is 0. The molecule has 0 aromatic rings. The van der Waals surface area contributed by atoms with Crippen molar-refractivity contribution in [1.29, 1.82) is 0 Å². The zero-order chi connectivity index (χ0) is 6.78. The van der Waals surface area contributed by atoms with E-state index in [9.17, 15) is 0 Å². The molecular weight excluding hydrogens is 147 g/mol. The molecule has 0 heterocycles. The number of hydrogen-bond acceptors (Lipinski definition) is 1. The van der Waals surface area contributed by atoms with E-state index in [0.29, 0.717) is 4.68 Å². The number of rotatable bonds is 1. The van der Waals surface area contributed by atoms with Crippen LogP contribution < -0.4 is 0 Å². The molecule has 0 saturated heterocycles. The summed E-state index contributed by atoms with van der Waals surface area (Å²) in [7, 11) is 0. The van der Waals surface area contributed by atoms with Gasteiger partial charge in [-0.05, 0) is 0 Å². The van der Waals surface area contributed by atoms with Crippen molar-refractivity contribution in [3.05, 3.63) is 0 Å². The van der Waals surface area contributed by atoms with Gasteiger partial charge in [0.25, 0.3) is 0 Å². The number of ether oxygens (including phenoxy) is 1. The fourth-order valence-electron chi connectivity index (χ4n) is 0.403. The van der Waals surface area contributed by atoms with Crippen LogP contribution >= 0.6 is 0 Å². The first-order valence-electron chi connectivity index (χ1n) is 2.57. The van der Waals surface area contributed by atoms with Crippen LogP contribution in [0.3, 0.4) is 0 Å². The summed E-state index contributed by atoms with van der Waals surface area (Å²) in [5, 5.41) is 0. The molecule has 0 aliphatic carbocycles. The quantitative estimate of drug-likeness (QED) is 0.526. The molecule has 0 saturated carbocycles. The Balaban J connectivity index is 3.55. The first-order valence-corrected chi connectivity index (χ1v) is 3.06. The Hall–Kier alpha value is 0.324. The molecule has 2 heteroatoms. The van der Waals surface area contributed by atoms with E-state index < -0.39 is 0 Å². The van der Waals surface area contributed by atoms with Crippen LogP contribution in [0.1, 0.15) is 27.7 Å². The molecule has 0 aliphatic rings. The monoisotopic (exact) mass is 158 g/mol. The van der Waals surface area contributed by atoms with Crippen molar-refractivity contribution in [2.45, 2.75) is 33.3 Å². The summed E-state index contributed by atoms with van der Waals surface area (Å²) in [6.45, 7) is 7.74. The van der Waals surface area contributed by atoms with Gasteiger partial charge in [-0.25, -0.2) is 0 Å². The topological polar surface area (TPSA) is 9.23 Å². The molecule has 0 unspecified atom stereocenters. The Bertz CT molecular complexity index is 91.2. The summed E-state index contributed by atoms with van der Waals surface area (Å²) in [4.78, 5) is 0. The Morgan fingerprint density at radius 3 is 1.75 bits per heavy atom. The maximum atomic E-state index is 5.19. The van der Waals surface area contributed by atoms with Crippen molar-refractivity contribution in [3.63, 3.8) is 0 Å². The van der Waals surface area contributed by atoms with E-state index in [1.165, 1.54) is 0 Å². The van der Waals surface area contributed by atoms with Crippen LogP contribution in [0.25, 0.3) is 0 Å². The van der Waals surface area contributed by atoms with E-state index in [0.717, 1.165) is 0 Å². The molecule has 0 radical (unpaired) electrons. The molecule has 1 nitrogen and oxygen atoms in total. The molecule has 0 aromatic heterocycles. The standard InChI is InChI=1S/C6H12O.Ni/c1-5-7-6(2,3)4;/h1-4H3;. The van der Waals surface area contributed by atoms with Gasteiger partial charge in [-0.15, -0.1) is 0 Å². The first-order chi connectivity index (χ1) is 3.42. The van der Waals surface area contributed by atoms with E-state index in [1.54, 1.807) is 6.92 Å². The van der Waals surface area contributed by atoms with Gasteiger partial charge in [-0.1, -0.05) is 0 Å². The molecule has 52 valence electrons. The maximum absolute atomic E-state index is 5.19. The first kappa shape index (κ1) is 8.32. The Kier molecular flexibility index (Phi) is 2.86. The van der Waals surface area contributed by atoms with Crippen LogP contribution in [0.2, 0.25) is 0 Å². The minimum atomic E-state index is -0.109. The van der Waals surface area contributed by atoms with Gasteiger partial charge in [-0.2, -0.15) is 0 Å². The zero-order valence-corrected chi connectivity index (χ0v) is 6.71. The van der Waals surface area contributed by atoms with Gasteiger partial charge < -0.3 is 0 Å². The third-order valence-electron chi connectivity index (χ3n) is 0.441. The molecule has 0 aromatic carbocycles. The second-order valence-corrected chi connectivity index (χ2v) is 3.34. The summed E-state index contributed by atoms with van der Waals surface area (Å²) in [6.07, 6.45) is 0. The van der Waals surface area contributed by atoms with Crippen LogP contribution in [0.15, 0.2) is 0 Å². The summed E-state index contributed by atoms with van der Waals surface area (Å²) < 4.78 is 5.84. The fourth-order valence-corrected chi connectivity index (χ4v) is 0.705. The van der Waals surface area contributed by atoms with Gasteiger partial charge in [0.1, 0.15) is 0 Å². The van der Waals surface area contributed by atoms with E-state index >= 15 is 0 Å². The molecule has 0 fully saturated rings. The summed E-state index contributed by atoms with van der Waals surface area (Å²) >= 11 is 4.45. The second kappa shape index (κ2) is 2.75. The Morgan fingerprint density at radius 1 is 1.38 bits per heavy atom. The molecule has 0 atom stereocenters. The zero-order valence-electron chi connectivity index (χ0n) is 5.72. The predicted molar refractivity (Wildman–Crippen MR) is 31.5 cm³/mol. The van der Waals surface area contributed by atoms with E-state index in [2.05, 4.69) is 15.0 Å². The van der Waals surface area contributed by atoms with Gasteiger partial charge in [0.05, 0.1) is 0 Å². The Morgan fingerprint density at radius 2 is 1.75 bits per heavy atom. The van der Waals surface area contributed by atoms with Gasteiger partial charge >= 0.3 is 57.7 Å². The average Bonchev–Trinajstić information content (AvgIpc) is 1.21. The van der Waals surface area contributed by atoms with Crippen molar-refractivity contribution >= 4 is 4.68 Å². The molecular formula is C6H12NiO. The van der Waals surface area contributed by atoms with Gasteiger partial charge in [0.15, 0.2) is 0 Å². The van der Waals surface area contributed by atoms with Gasteiger partial charge in [-0.3, -0.25) is 0 Å². The van der Waals surface area contributed by atoms with Crippen LogP contribution in [0.4, 0.5) is 0 Å². The summed E-state index contributed by atoms with van der Waals surface area (Å²) in [5.74, 6) is 0. The SMILES string of the molecule is C[C](=[Ni])OC(C)(C)C. The van der Waals surface area contributed by atoms with Crippen molar-refractivity contribution in [3.8, 4) is 0 Å². The van der Waals surface area contributed by atoms with E-state index in [1.807, 2.05) is 20.8 Å². The second-order valence-electron chi connectivity index (χ2n) is 2.64. The molecule has 0 amide bonds. The third-order valence-corrected chi connectivity index (χ3v) is 0.541. The molecule has 0 aliphatic heterocycles. The molecule has 0 rings (SSSR count). The fraction of sp³-hybridized carbons (Fsp3) is 0.833. The number of hydrogen-bond donors (Lipinski definition) is 0.